The van der Waals surface area contributed by atoms with E-state index in [1.165, 1.54) is 19.9 Å². The van der Waals surface area contributed by atoms with E-state index in [2.05, 4.69) is 15.6 Å². The number of hydrogen-bond donors (Lipinski definition) is 3. The number of thiazole rings is 1. The smallest absolute Gasteiger partial charge is 0.206 e. The molecule has 176 valence electrons. The number of rotatable bonds is 9. The Bertz CT molecular complexity index is 1080. The fourth-order valence-corrected chi connectivity index (χ4v) is 3.46. The normalized spacial score (nSPS) is 10.2. The van der Waals surface area contributed by atoms with Crippen LogP contribution in [0.3, 0.4) is 0 Å². The minimum Gasteiger partial charge on any atom is -0.492 e. The fraction of sp³-hybridized carbons (Fsp3) is 0.292. The van der Waals surface area contributed by atoms with Crippen molar-refractivity contribution in [2.75, 3.05) is 30.7 Å². The Hall–Kier alpha value is -3.30. The van der Waals surface area contributed by atoms with Crippen LogP contribution in [-0.4, -0.2) is 36.2 Å². The Balaban J connectivity index is 0.000000890. The molecule has 2 aromatic carbocycles. The number of anilines is 3. The predicted molar refractivity (Wildman–Crippen MR) is 131 cm³/mol. The van der Waals surface area contributed by atoms with Crippen LogP contribution in [0.4, 0.5) is 21.0 Å². The molecule has 0 aliphatic heterocycles. The maximum Gasteiger partial charge on any atom is 0.206 e. The minimum absolute atomic E-state index is 0.117. The second-order valence-corrected chi connectivity index (χ2v) is 8.29. The van der Waals surface area contributed by atoms with Crippen LogP contribution in [0.2, 0.25) is 0 Å². The molecule has 0 unspecified atom stereocenters. The maximum atomic E-state index is 13.8. The van der Waals surface area contributed by atoms with E-state index in [0.29, 0.717) is 17.3 Å². The van der Waals surface area contributed by atoms with Crippen LogP contribution >= 0.6 is 11.3 Å². The zero-order chi connectivity index (χ0) is 24.4. The first-order valence-electron chi connectivity index (χ1n) is 10.5. The molecule has 1 heterocycles. The Morgan fingerprint density at radius 1 is 1.15 bits per heavy atom. The van der Waals surface area contributed by atoms with Gasteiger partial charge in [-0.05, 0) is 63.2 Å². The van der Waals surface area contributed by atoms with Gasteiger partial charge in [0.25, 0.3) is 0 Å². The number of halogens is 1. The molecule has 33 heavy (non-hydrogen) atoms. The number of ketones is 2. The lowest BCUT2D eigenvalue weighted by Gasteiger charge is -2.07. The number of benzene rings is 2. The Morgan fingerprint density at radius 3 is 2.42 bits per heavy atom. The molecule has 0 bridgehead atoms. The van der Waals surface area contributed by atoms with Gasteiger partial charge in [-0.1, -0.05) is 30.4 Å². The highest BCUT2D eigenvalue weighted by molar-refractivity contribution is 7.18. The quantitative estimate of drug-likeness (QED) is 0.305. The second kappa shape index (κ2) is 12.7. The first-order chi connectivity index (χ1) is 15.7. The van der Waals surface area contributed by atoms with Crippen molar-refractivity contribution < 1.29 is 18.7 Å². The van der Waals surface area contributed by atoms with Gasteiger partial charge in [0.05, 0.1) is 0 Å². The molecule has 0 radical (unpaired) electrons. The van der Waals surface area contributed by atoms with Crippen LogP contribution in [0.5, 0.6) is 5.75 Å². The van der Waals surface area contributed by atoms with E-state index >= 15 is 0 Å². The number of aromatic nitrogens is 1. The van der Waals surface area contributed by atoms with Gasteiger partial charge in [-0.2, -0.15) is 0 Å². The van der Waals surface area contributed by atoms with Gasteiger partial charge in [0.1, 0.15) is 34.7 Å². The summed E-state index contributed by atoms with van der Waals surface area (Å²) in [6.07, 6.45) is 0. The van der Waals surface area contributed by atoms with Crippen molar-refractivity contribution in [3.8, 4) is 5.75 Å². The zero-order valence-corrected chi connectivity index (χ0v) is 20.0. The van der Waals surface area contributed by atoms with Gasteiger partial charge in [-0.3, -0.25) is 4.79 Å². The average molecular weight is 473 g/mol. The molecule has 0 aliphatic carbocycles. The van der Waals surface area contributed by atoms with Gasteiger partial charge >= 0.3 is 0 Å². The van der Waals surface area contributed by atoms with Gasteiger partial charge < -0.3 is 25.9 Å². The lowest BCUT2D eigenvalue weighted by atomic mass is 10.1. The summed E-state index contributed by atoms with van der Waals surface area (Å²) in [6, 6.07) is 11.8. The monoisotopic (exact) mass is 472 g/mol. The van der Waals surface area contributed by atoms with Gasteiger partial charge in [0.2, 0.25) is 5.78 Å². The van der Waals surface area contributed by atoms with Crippen molar-refractivity contribution >= 4 is 39.5 Å². The summed E-state index contributed by atoms with van der Waals surface area (Å²) in [7, 11) is 0. The van der Waals surface area contributed by atoms with E-state index in [1.54, 1.807) is 19.1 Å². The SMILES string of the molecule is CC(C)=O.CCNCCOc1ccc(Nc2nc(N)c(C(=O)c3ccc(C)c(F)c3)s2)cc1. The number of carbonyl (C=O) groups excluding carboxylic acids is 2. The molecule has 3 rings (SSSR count). The van der Waals surface area contributed by atoms with Crippen LogP contribution < -0.4 is 21.1 Å². The third kappa shape index (κ3) is 8.28. The van der Waals surface area contributed by atoms with Crippen molar-refractivity contribution in [2.45, 2.75) is 27.7 Å². The molecule has 0 atom stereocenters. The number of nitrogens with zero attached hydrogens (tertiary/aromatic N) is 1. The number of nitrogen functional groups attached to an aromatic ring is 1. The summed E-state index contributed by atoms with van der Waals surface area (Å²) in [4.78, 5) is 26.6. The summed E-state index contributed by atoms with van der Waals surface area (Å²) in [6.45, 7) is 9.03. The number of carbonyl (C=O) groups is 2. The van der Waals surface area contributed by atoms with Gasteiger partial charge in [0.15, 0.2) is 5.13 Å². The summed E-state index contributed by atoms with van der Waals surface area (Å²) in [5.74, 6) is 0.276. The molecular formula is C24H29FN4O3S. The number of likely N-dealkylation sites (N-methyl/N-ethyl adjacent to an activating group) is 1. The minimum atomic E-state index is -0.426. The highest BCUT2D eigenvalue weighted by Gasteiger charge is 2.19. The number of Topliss-reactive ketones (excluding diaryl/α,β-unsaturated/α-hetero) is 1. The van der Waals surface area contributed by atoms with Crippen molar-refractivity contribution in [1.82, 2.24) is 10.3 Å². The lowest BCUT2D eigenvalue weighted by molar-refractivity contribution is -0.115. The molecule has 9 heteroatoms. The molecule has 4 N–H and O–H groups in total. The van der Waals surface area contributed by atoms with Crippen LogP contribution in [-0.2, 0) is 4.79 Å². The highest BCUT2D eigenvalue weighted by atomic mass is 32.1. The summed E-state index contributed by atoms with van der Waals surface area (Å²) >= 11 is 1.13. The predicted octanol–water partition coefficient (Wildman–Crippen LogP) is 4.73. The summed E-state index contributed by atoms with van der Waals surface area (Å²) in [5.41, 5.74) is 7.44. The van der Waals surface area contributed by atoms with Crippen LogP contribution in [0.1, 0.15) is 41.6 Å². The molecule has 0 spiro atoms. The van der Waals surface area contributed by atoms with E-state index in [4.69, 9.17) is 10.5 Å². The molecule has 0 saturated heterocycles. The molecule has 0 fully saturated rings. The zero-order valence-electron chi connectivity index (χ0n) is 19.2. The van der Waals surface area contributed by atoms with Crippen LogP contribution in [0, 0.1) is 12.7 Å². The van der Waals surface area contributed by atoms with Crippen molar-refractivity contribution in [3.63, 3.8) is 0 Å². The standard InChI is InChI=1S/C21H23FN4O2S.C3H6O/c1-3-24-10-11-28-16-8-6-15(7-9-16)25-21-26-20(23)19(29-21)18(27)14-5-4-13(2)17(22)12-14;1-3(2)4/h4-9,12,24H,3,10-11,23H2,1-2H3,(H,25,26);1-2H3. The molecule has 0 aliphatic rings. The molecular weight excluding hydrogens is 443 g/mol. The Kier molecular flexibility index (Phi) is 9.96. The molecule has 1 aromatic heterocycles. The van der Waals surface area contributed by atoms with E-state index in [0.717, 1.165) is 35.9 Å². The first-order valence-corrected chi connectivity index (χ1v) is 11.3. The Morgan fingerprint density at radius 2 is 1.82 bits per heavy atom. The van der Waals surface area contributed by atoms with Crippen LogP contribution in [0.25, 0.3) is 0 Å². The van der Waals surface area contributed by atoms with E-state index in [-0.39, 0.29) is 27.8 Å². The van der Waals surface area contributed by atoms with Crippen LogP contribution in [0.15, 0.2) is 42.5 Å². The number of nitrogens with one attached hydrogen (secondary N) is 2. The van der Waals surface area contributed by atoms with E-state index in [9.17, 15) is 14.0 Å². The second-order valence-electron chi connectivity index (χ2n) is 7.29. The van der Waals surface area contributed by atoms with Gasteiger partial charge in [-0.15, -0.1) is 0 Å². The van der Waals surface area contributed by atoms with E-state index in [1.807, 2.05) is 31.2 Å². The van der Waals surface area contributed by atoms with Gasteiger partial charge in [0, 0.05) is 17.8 Å². The highest BCUT2D eigenvalue weighted by Crippen LogP contribution is 2.30. The largest absolute Gasteiger partial charge is 0.492 e. The average Bonchev–Trinajstić information content (AvgIpc) is 3.13. The third-order valence-corrected chi connectivity index (χ3v) is 5.18. The maximum absolute atomic E-state index is 13.8. The number of nitrogens with two attached hydrogens (primary N) is 1. The molecule has 0 saturated carbocycles. The lowest BCUT2D eigenvalue weighted by Crippen LogP contribution is -2.20. The summed E-state index contributed by atoms with van der Waals surface area (Å²) in [5, 5.41) is 6.81. The fourth-order valence-electron chi connectivity index (χ4n) is 2.59. The number of hydrogen-bond acceptors (Lipinski definition) is 8. The molecule has 0 amide bonds. The number of ether oxygens (including phenoxy) is 1. The Labute approximate surface area is 197 Å². The van der Waals surface area contributed by atoms with Crippen molar-refractivity contribution in [3.05, 3.63) is 64.3 Å². The molecule has 3 aromatic rings. The first kappa shape index (κ1) is 26.0. The third-order valence-electron chi connectivity index (χ3n) is 4.20. The van der Waals surface area contributed by atoms with Crippen molar-refractivity contribution in [1.29, 1.82) is 0 Å². The van der Waals surface area contributed by atoms with Crippen molar-refractivity contribution in [2.24, 2.45) is 0 Å². The van der Waals surface area contributed by atoms with E-state index < -0.39 is 5.82 Å². The molecule has 7 nitrogen and oxygen atoms in total. The summed E-state index contributed by atoms with van der Waals surface area (Å²) < 4.78 is 19.4. The topological polar surface area (TPSA) is 106 Å². The number of aryl methyl sites for hydroxylation is 1. The van der Waals surface area contributed by atoms with Gasteiger partial charge in [-0.25, -0.2) is 9.37 Å².